The van der Waals surface area contributed by atoms with Crippen LogP contribution >= 0.6 is 35.4 Å². The highest BCUT2D eigenvalue weighted by Crippen LogP contribution is 2.32. The molecule has 11 heteroatoms. The molecule has 8 nitrogen and oxygen atoms in total. The number of thiocarbonyl (C=S) groups is 1. The third kappa shape index (κ3) is 4.54. The van der Waals surface area contributed by atoms with Gasteiger partial charge in [0.05, 0.1) is 15.5 Å². The van der Waals surface area contributed by atoms with Crippen molar-refractivity contribution in [2.45, 2.75) is 0 Å². The van der Waals surface area contributed by atoms with Crippen molar-refractivity contribution >= 4 is 68.9 Å². The third-order valence-electron chi connectivity index (χ3n) is 4.38. The second-order valence-corrected chi connectivity index (χ2v) is 7.76. The lowest BCUT2D eigenvalue weighted by molar-refractivity contribution is -0.385. The number of nitro groups is 1. The normalized spacial score (nSPS) is 10.7. The second kappa shape index (κ2) is 8.91. The molecule has 1 amide bonds. The zero-order chi connectivity index (χ0) is 22.8. The fourth-order valence-electron chi connectivity index (χ4n) is 2.94. The molecule has 0 aliphatic rings. The Morgan fingerprint density at radius 2 is 1.88 bits per heavy atom. The molecule has 1 aromatic heterocycles. The molecule has 1 heterocycles. The Morgan fingerprint density at radius 1 is 1.09 bits per heavy atom. The Bertz CT molecular complexity index is 1390. The summed E-state index contributed by atoms with van der Waals surface area (Å²) in [5, 5.41) is 17.3. The summed E-state index contributed by atoms with van der Waals surface area (Å²) in [7, 11) is 0. The van der Waals surface area contributed by atoms with Crippen molar-refractivity contribution in [2.75, 3.05) is 5.32 Å². The van der Waals surface area contributed by atoms with E-state index >= 15 is 0 Å². The van der Waals surface area contributed by atoms with Gasteiger partial charge in [0.2, 0.25) is 5.89 Å². The van der Waals surface area contributed by atoms with Gasteiger partial charge in [-0.15, -0.1) is 0 Å². The number of nitrogens with one attached hydrogen (secondary N) is 2. The number of carbonyl (C=O) groups excluding carboxylic acids is 1. The number of oxazole rings is 1. The van der Waals surface area contributed by atoms with Gasteiger partial charge in [0.15, 0.2) is 10.7 Å². The van der Waals surface area contributed by atoms with Gasteiger partial charge in [-0.2, -0.15) is 0 Å². The van der Waals surface area contributed by atoms with Gasteiger partial charge in [0.25, 0.3) is 11.6 Å². The van der Waals surface area contributed by atoms with E-state index in [9.17, 15) is 14.9 Å². The maximum atomic E-state index is 12.4. The average Bonchev–Trinajstić information content (AvgIpc) is 3.18. The number of nitro benzene ring substituents is 1. The van der Waals surface area contributed by atoms with Crippen molar-refractivity contribution in [1.29, 1.82) is 0 Å². The molecule has 0 aliphatic carbocycles. The first-order valence-electron chi connectivity index (χ1n) is 9.03. The van der Waals surface area contributed by atoms with Gasteiger partial charge in [0, 0.05) is 16.8 Å². The maximum absolute atomic E-state index is 12.4. The first-order valence-corrected chi connectivity index (χ1v) is 10.2. The van der Waals surface area contributed by atoms with Crippen LogP contribution in [-0.2, 0) is 0 Å². The molecular weight excluding hydrogens is 475 g/mol. The maximum Gasteiger partial charge on any atom is 0.282 e. The molecule has 0 fully saturated rings. The van der Waals surface area contributed by atoms with Crippen molar-refractivity contribution in [2.24, 2.45) is 0 Å². The molecular formula is C21H12Cl2N4O4S. The fourth-order valence-corrected chi connectivity index (χ4v) is 3.52. The van der Waals surface area contributed by atoms with E-state index in [0.29, 0.717) is 38.3 Å². The quantitative estimate of drug-likeness (QED) is 0.212. The highest BCUT2D eigenvalue weighted by atomic mass is 35.5. The second-order valence-electron chi connectivity index (χ2n) is 6.51. The number of benzene rings is 3. The molecule has 0 atom stereocenters. The molecule has 0 bridgehead atoms. The molecule has 0 saturated heterocycles. The van der Waals surface area contributed by atoms with Gasteiger partial charge in [-0.3, -0.25) is 20.2 Å². The first kappa shape index (κ1) is 21.7. The number of rotatable bonds is 4. The molecule has 0 saturated carbocycles. The molecule has 0 spiro atoms. The Morgan fingerprint density at radius 3 is 2.66 bits per heavy atom. The Hall–Kier alpha value is -3.53. The topological polar surface area (TPSA) is 110 Å². The van der Waals surface area contributed by atoms with Crippen LogP contribution in [0.2, 0.25) is 10.0 Å². The Balaban J connectivity index is 1.52. The Labute approximate surface area is 196 Å². The van der Waals surface area contributed by atoms with Crippen LogP contribution < -0.4 is 10.6 Å². The molecule has 4 aromatic rings. The average molecular weight is 487 g/mol. The number of anilines is 1. The SMILES string of the molecule is O=C(NC(=S)Nc1ccc2oc(-c3cc(Cl)ccc3Cl)nc2c1)c1ccccc1[N+](=O)[O-]. The van der Waals surface area contributed by atoms with Crippen LogP contribution in [0.25, 0.3) is 22.6 Å². The van der Waals surface area contributed by atoms with Crippen molar-refractivity contribution in [1.82, 2.24) is 10.3 Å². The van der Waals surface area contributed by atoms with Gasteiger partial charge in [-0.05, 0) is 54.7 Å². The van der Waals surface area contributed by atoms with E-state index in [1.54, 1.807) is 36.4 Å². The van der Waals surface area contributed by atoms with E-state index in [0.717, 1.165) is 0 Å². The summed E-state index contributed by atoms with van der Waals surface area (Å²) in [6.45, 7) is 0. The number of halogens is 2. The zero-order valence-electron chi connectivity index (χ0n) is 16.0. The molecule has 0 aliphatic heterocycles. The van der Waals surface area contributed by atoms with Gasteiger partial charge in [-0.1, -0.05) is 35.3 Å². The monoisotopic (exact) mass is 486 g/mol. The van der Waals surface area contributed by atoms with E-state index in [4.69, 9.17) is 39.8 Å². The highest BCUT2D eigenvalue weighted by Gasteiger charge is 2.20. The number of nitrogens with zero attached hydrogens (tertiary/aromatic N) is 2. The van der Waals surface area contributed by atoms with Gasteiger partial charge < -0.3 is 9.73 Å². The molecule has 2 N–H and O–H groups in total. The van der Waals surface area contributed by atoms with Crippen LogP contribution in [0, 0.1) is 10.1 Å². The lowest BCUT2D eigenvalue weighted by Gasteiger charge is -2.09. The number of aromatic nitrogens is 1. The predicted octanol–water partition coefficient (Wildman–Crippen LogP) is 5.84. The van der Waals surface area contributed by atoms with Gasteiger partial charge in [0.1, 0.15) is 11.1 Å². The Kier molecular flexibility index (Phi) is 6.04. The lowest BCUT2D eigenvalue weighted by Crippen LogP contribution is -2.34. The van der Waals surface area contributed by atoms with Gasteiger partial charge in [-0.25, -0.2) is 4.98 Å². The first-order chi connectivity index (χ1) is 15.3. The highest BCUT2D eigenvalue weighted by molar-refractivity contribution is 7.80. The number of fused-ring (bicyclic) bond motifs is 1. The van der Waals surface area contributed by atoms with E-state index in [1.807, 2.05) is 0 Å². The number of hydrogen-bond acceptors (Lipinski definition) is 6. The minimum atomic E-state index is -0.699. The van der Waals surface area contributed by atoms with Crippen LogP contribution in [0.5, 0.6) is 0 Å². The number of para-hydroxylation sites is 1. The smallest absolute Gasteiger partial charge is 0.282 e. The van der Waals surface area contributed by atoms with Crippen molar-refractivity contribution in [3.8, 4) is 11.5 Å². The van der Waals surface area contributed by atoms with E-state index in [2.05, 4.69) is 15.6 Å². The molecule has 160 valence electrons. The van der Waals surface area contributed by atoms with Crippen LogP contribution in [0.1, 0.15) is 10.4 Å². The molecule has 3 aromatic carbocycles. The summed E-state index contributed by atoms with van der Waals surface area (Å²) in [4.78, 5) is 27.3. The van der Waals surface area contributed by atoms with Crippen molar-refractivity contribution in [3.05, 3.63) is 86.4 Å². The van der Waals surface area contributed by atoms with E-state index < -0.39 is 10.8 Å². The van der Waals surface area contributed by atoms with E-state index in [-0.39, 0.29) is 16.4 Å². The molecule has 0 radical (unpaired) electrons. The summed E-state index contributed by atoms with van der Waals surface area (Å²) in [6.07, 6.45) is 0. The number of carbonyl (C=O) groups is 1. The summed E-state index contributed by atoms with van der Waals surface area (Å²) in [5.41, 5.74) is 1.70. The van der Waals surface area contributed by atoms with E-state index in [1.165, 1.54) is 24.3 Å². The minimum absolute atomic E-state index is 0.0332. The summed E-state index contributed by atoms with van der Waals surface area (Å²) in [6, 6.07) is 15.6. The van der Waals surface area contributed by atoms with Crippen molar-refractivity contribution < 1.29 is 14.1 Å². The van der Waals surface area contributed by atoms with Crippen LogP contribution in [0.15, 0.2) is 65.1 Å². The standard InChI is InChI=1S/C21H12Cl2N4O4S/c22-11-5-7-15(23)14(9-11)20-25-16-10-12(6-8-18(16)31-20)24-21(32)26-19(28)13-3-1-2-4-17(13)27(29)30/h1-10H,(H2,24,26,28,32). The summed E-state index contributed by atoms with van der Waals surface area (Å²) < 4.78 is 5.76. The summed E-state index contributed by atoms with van der Waals surface area (Å²) >= 11 is 17.4. The molecule has 32 heavy (non-hydrogen) atoms. The number of amides is 1. The van der Waals surface area contributed by atoms with Crippen LogP contribution in [0.4, 0.5) is 11.4 Å². The molecule has 0 unspecified atom stereocenters. The fraction of sp³-hybridized carbons (Fsp3) is 0. The number of hydrogen-bond donors (Lipinski definition) is 2. The minimum Gasteiger partial charge on any atom is -0.436 e. The van der Waals surface area contributed by atoms with Crippen molar-refractivity contribution in [3.63, 3.8) is 0 Å². The molecule has 4 rings (SSSR count). The third-order valence-corrected chi connectivity index (χ3v) is 5.15. The van der Waals surface area contributed by atoms with Crippen LogP contribution in [-0.4, -0.2) is 20.9 Å². The predicted molar refractivity (Wildman–Crippen MR) is 126 cm³/mol. The largest absolute Gasteiger partial charge is 0.436 e. The van der Waals surface area contributed by atoms with Crippen LogP contribution in [0.3, 0.4) is 0 Å². The summed E-state index contributed by atoms with van der Waals surface area (Å²) in [5.74, 6) is -0.396. The van der Waals surface area contributed by atoms with Gasteiger partial charge >= 0.3 is 0 Å². The zero-order valence-corrected chi connectivity index (χ0v) is 18.3. The lowest BCUT2D eigenvalue weighted by atomic mass is 10.1.